The fraction of sp³-hybridized carbons (Fsp3) is 0.240. The minimum absolute atomic E-state index is 0.0126. The van der Waals surface area contributed by atoms with Crippen LogP contribution >= 0.6 is 0 Å². The molecular formula is C25H27N5O5. The van der Waals surface area contributed by atoms with Crippen molar-refractivity contribution in [3.05, 3.63) is 66.6 Å². The third-order valence-electron chi connectivity index (χ3n) is 5.10. The van der Waals surface area contributed by atoms with E-state index in [4.69, 9.17) is 10.5 Å². The number of carbonyl (C=O) groups is 4. The molecule has 2 aromatic heterocycles. The molecular weight excluding hydrogens is 450 g/mol. The van der Waals surface area contributed by atoms with E-state index in [1.54, 1.807) is 31.5 Å². The zero-order valence-corrected chi connectivity index (χ0v) is 19.2. The van der Waals surface area contributed by atoms with Gasteiger partial charge in [0, 0.05) is 47.6 Å². The first-order valence-electron chi connectivity index (χ1n) is 11.1. The highest BCUT2D eigenvalue weighted by Gasteiger charge is 2.15. The van der Waals surface area contributed by atoms with E-state index in [2.05, 4.69) is 20.6 Å². The fourth-order valence-electron chi connectivity index (χ4n) is 3.43. The van der Waals surface area contributed by atoms with Crippen molar-refractivity contribution in [3.63, 3.8) is 0 Å². The summed E-state index contributed by atoms with van der Waals surface area (Å²) in [6.07, 6.45) is 6.31. The number of nitrogens with one attached hydrogen (secondary N) is 3. The predicted molar refractivity (Wildman–Crippen MR) is 130 cm³/mol. The number of aromatic amines is 1. The minimum Gasteiger partial charge on any atom is -0.463 e. The second-order valence-corrected chi connectivity index (χ2v) is 7.67. The normalized spacial score (nSPS) is 11.8. The Labute approximate surface area is 201 Å². The van der Waals surface area contributed by atoms with E-state index in [1.807, 2.05) is 24.3 Å². The SMILES string of the molecule is CCOC(=O)/C=C/C(CCC(N)=O)NC(=O)CNC(=O)c1ccc(-c2cncc3ccccc23)[nH]1. The van der Waals surface area contributed by atoms with Crippen LogP contribution in [0.4, 0.5) is 0 Å². The number of aromatic nitrogens is 2. The number of hydrogen-bond donors (Lipinski definition) is 4. The number of nitrogens with two attached hydrogens (primary N) is 1. The molecule has 0 spiro atoms. The van der Waals surface area contributed by atoms with Crippen molar-refractivity contribution in [1.29, 1.82) is 0 Å². The first kappa shape index (κ1) is 25.2. The summed E-state index contributed by atoms with van der Waals surface area (Å²) in [6, 6.07) is 10.6. The fourth-order valence-corrected chi connectivity index (χ4v) is 3.43. The Morgan fingerprint density at radius 1 is 1.14 bits per heavy atom. The van der Waals surface area contributed by atoms with Gasteiger partial charge in [-0.1, -0.05) is 30.3 Å². The zero-order chi connectivity index (χ0) is 25.2. The maximum Gasteiger partial charge on any atom is 0.330 e. The van der Waals surface area contributed by atoms with Crippen molar-refractivity contribution in [1.82, 2.24) is 20.6 Å². The van der Waals surface area contributed by atoms with Gasteiger partial charge < -0.3 is 26.1 Å². The summed E-state index contributed by atoms with van der Waals surface area (Å²) in [5.41, 5.74) is 7.04. The van der Waals surface area contributed by atoms with E-state index in [-0.39, 0.29) is 31.7 Å². The number of rotatable bonds is 11. The third kappa shape index (κ3) is 7.26. The van der Waals surface area contributed by atoms with Crippen LogP contribution in [0.2, 0.25) is 0 Å². The van der Waals surface area contributed by atoms with E-state index < -0.39 is 29.7 Å². The average molecular weight is 478 g/mol. The number of benzene rings is 1. The lowest BCUT2D eigenvalue weighted by Crippen LogP contribution is -2.41. The molecule has 3 aromatic rings. The number of esters is 1. The van der Waals surface area contributed by atoms with Gasteiger partial charge in [0.25, 0.3) is 5.91 Å². The van der Waals surface area contributed by atoms with Gasteiger partial charge in [-0.25, -0.2) is 4.79 Å². The number of fused-ring (bicyclic) bond motifs is 1. The van der Waals surface area contributed by atoms with Crippen LogP contribution in [0.25, 0.3) is 22.0 Å². The smallest absolute Gasteiger partial charge is 0.330 e. The number of hydrogen-bond acceptors (Lipinski definition) is 6. The van der Waals surface area contributed by atoms with Crippen LogP contribution in [0.15, 0.2) is 60.9 Å². The minimum atomic E-state index is -0.632. The number of carbonyl (C=O) groups excluding carboxylic acids is 4. The van der Waals surface area contributed by atoms with Crippen molar-refractivity contribution >= 4 is 34.5 Å². The summed E-state index contributed by atoms with van der Waals surface area (Å²) < 4.78 is 4.81. The molecule has 1 aromatic carbocycles. The molecule has 0 radical (unpaired) electrons. The molecule has 5 N–H and O–H groups in total. The number of pyridine rings is 1. The molecule has 2 heterocycles. The van der Waals surface area contributed by atoms with Crippen molar-refractivity contribution in [2.75, 3.05) is 13.2 Å². The molecule has 10 heteroatoms. The topological polar surface area (TPSA) is 156 Å². The maximum atomic E-state index is 12.6. The molecule has 3 amide bonds. The predicted octanol–water partition coefficient (Wildman–Crippen LogP) is 1.83. The Bertz CT molecular complexity index is 1240. The van der Waals surface area contributed by atoms with Gasteiger partial charge >= 0.3 is 5.97 Å². The van der Waals surface area contributed by atoms with Crippen LogP contribution in [0.3, 0.4) is 0 Å². The molecule has 3 rings (SSSR count). The Morgan fingerprint density at radius 3 is 2.71 bits per heavy atom. The lowest BCUT2D eigenvalue weighted by atomic mass is 10.1. The first-order chi connectivity index (χ1) is 16.9. The molecule has 0 fully saturated rings. The van der Waals surface area contributed by atoms with Gasteiger partial charge in [-0.2, -0.15) is 0 Å². The molecule has 0 saturated heterocycles. The van der Waals surface area contributed by atoms with Crippen molar-refractivity contribution in [2.45, 2.75) is 25.8 Å². The third-order valence-corrected chi connectivity index (χ3v) is 5.10. The van der Waals surface area contributed by atoms with Gasteiger partial charge in [0.05, 0.1) is 13.2 Å². The summed E-state index contributed by atoms with van der Waals surface area (Å²) in [5, 5.41) is 7.18. The highest BCUT2D eigenvalue weighted by atomic mass is 16.5. The molecule has 0 aliphatic rings. The number of amides is 3. The number of H-pyrrole nitrogens is 1. The van der Waals surface area contributed by atoms with E-state index in [0.717, 1.165) is 22.0 Å². The average Bonchev–Trinajstić information content (AvgIpc) is 3.34. The molecule has 182 valence electrons. The van der Waals surface area contributed by atoms with Crippen LogP contribution in [0, 0.1) is 0 Å². The Morgan fingerprint density at radius 2 is 1.94 bits per heavy atom. The van der Waals surface area contributed by atoms with Crippen molar-refractivity contribution in [2.24, 2.45) is 5.73 Å². The largest absolute Gasteiger partial charge is 0.463 e. The van der Waals surface area contributed by atoms with Crippen LogP contribution in [0.1, 0.15) is 30.3 Å². The van der Waals surface area contributed by atoms with Crippen LogP contribution in [-0.2, 0) is 19.1 Å². The van der Waals surface area contributed by atoms with Gasteiger partial charge in [-0.05, 0) is 30.9 Å². The molecule has 1 atom stereocenters. The number of nitrogens with zero attached hydrogens (tertiary/aromatic N) is 1. The monoisotopic (exact) mass is 477 g/mol. The summed E-state index contributed by atoms with van der Waals surface area (Å²) in [5.74, 6) is -2.06. The van der Waals surface area contributed by atoms with Crippen LogP contribution < -0.4 is 16.4 Å². The zero-order valence-electron chi connectivity index (χ0n) is 19.2. The summed E-state index contributed by atoms with van der Waals surface area (Å²) in [6.45, 7) is 1.58. The molecule has 0 saturated carbocycles. The highest BCUT2D eigenvalue weighted by Crippen LogP contribution is 2.26. The lowest BCUT2D eigenvalue weighted by Gasteiger charge is -2.14. The number of primary amides is 1. The molecule has 0 aliphatic heterocycles. The maximum absolute atomic E-state index is 12.6. The standard InChI is InChI=1S/C25H27N5O5/c1-2-35-24(33)12-8-17(7-11-22(26)31)29-23(32)15-28-25(34)21-10-9-20(30-21)19-14-27-13-16-5-3-4-6-18(16)19/h3-6,8-10,12-14,17,30H,2,7,11,15H2,1H3,(H2,26,31)(H,28,34)(H,29,32)/b12-8+. The van der Waals surface area contributed by atoms with Gasteiger partial charge in [0.2, 0.25) is 11.8 Å². The first-order valence-corrected chi connectivity index (χ1v) is 11.1. The highest BCUT2D eigenvalue weighted by molar-refractivity contribution is 5.98. The van der Waals surface area contributed by atoms with Crippen LogP contribution in [-0.4, -0.2) is 52.9 Å². The molecule has 1 unspecified atom stereocenters. The van der Waals surface area contributed by atoms with E-state index >= 15 is 0 Å². The van der Waals surface area contributed by atoms with Gasteiger partial charge in [-0.15, -0.1) is 0 Å². The van der Waals surface area contributed by atoms with Gasteiger partial charge in [0.1, 0.15) is 5.69 Å². The molecule has 0 aliphatic carbocycles. The van der Waals surface area contributed by atoms with Gasteiger partial charge in [0.15, 0.2) is 0 Å². The molecule has 0 bridgehead atoms. The second-order valence-electron chi connectivity index (χ2n) is 7.67. The molecule has 35 heavy (non-hydrogen) atoms. The Hall–Kier alpha value is -4.47. The quantitative estimate of drug-likeness (QED) is 0.244. The van der Waals surface area contributed by atoms with E-state index in [9.17, 15) is 19.2 Å². The number of ether oxygens (including phenoxy) is 1. The summed E-state index contributed by atoms with van der Waals surface area (Å²) in [7, 11) is 0. The Balaban J connectivity index is 1.60. The Kier molecular flexibility index (Phi) is 8.71. The van der Waals surface area contributed by atoms with Gasteiger partial charge in [-0.3, -0.25) is 19.4 Å². The van der Waals surface area contributed by atoms with Crippen molar-refractivity contribution in [3.8, 4) is 11.3 Å². The van der Waals surface area contributed by atoms with Crippen molar-refractivity contribution < 1.29 is 23.9 Å². The van der Waals surface area contributed by atoms with E-state index in [0.29, 0.717) is 0 Å². The molecule has 10 nitrogen and oxygen atoms in total. The summed E-state index contributed by atoms with van der Waals surface area (Å²) >= 11 is 0. The van der Waals surface area contributed by atoms with E-state index in [1.165, 1.54) is 12.2 Å². The second kappa shape index (κ2) is 12.1. The van der Waals surface area contributed by atoms with Crippen LogP contribution in [0.5, 0.6) is 0 Å². The lowest BCUT2D eigenvalue weighted by molar-refractivity contribution is -0.137. The summed E-state index contributed by atoms with van der Waals surface area (Å²) in [4.78, 5) is 54.9.